The second kappa shape index (κ2) is 7.67. The summed E-state index contributed by atoms with van der Waals surface area (Å²) in [6.45, 7) is 0.102. The van der Waals surface area contributed by atoms with Gasteiger partial charge in [-0.2, -0.15) is 0 Å². The average Bonchev–Trinajstić information content (AvgIpc) is 3.36. The van der Waals surface area contributed by atoms with E-state index in [9.17, 15) is 14.7 Å². The molecule has 0 spiro atoms. The van der Waals surface area contributed by atoms with E-state index in [0.717, 1.165) is 0 Å². The van der Waals surface area contributed by atoms with Gasteiger partial charge >= 0.3 is 0 Å². The van der Waals surface area contributed by atoms with Gasteiger partial charge in [-0.3, -0.25) is 9.59 Å². The summed E-state index contributed by atoms with van der Waals surface area (Å²) in [5, 5.41) is 10.9. The summed E-state index contributed by atoms with van der Waals surface area (Å²) < 4.78 is 10.7. The van der Waals surface area contributed by atoms with E-state index in [1.54, 1.807) is 67.8 Å². The van der Waals surface area contributed by atoms with Gasteiger partial charge in [0.05, 0.1) is 31.5 Å². The van der Waals surface area contributed by atoms with E-state index < -0.39 is 17.7 Å². The van der Waals surface area contributed by atoms with Crippen LogP contribution in [0.15, 0.2) is 83.0 Å². The van der Waals surface area contributed by atoms with Gasteiger partial charge in [-0.15, -0.1) is 0 Å². The van der Waals surface area contributed by atoms with Crippen LogP contribution >= 0.6 is 0 Å². The number of ketones is 1. The van der Waals surface area contributed by atoms with Crippen LogP contribution < -0.4 is 4.74 Å². The largest absolute Gasteiger partial charge is 0.507 e. The molecule has 1 aliphatic rings. The van der Waals surface area contributed by atoms with Gasteiger partial charge in [-0.05, 0) is 29.8 Å². The third-order valence-corrected chi connectivity index (χ3v) is 4.90. The summed E-state index contributed by atoms with van der Waals surface area (Å²) in [6, 6.07) is 18.5. The molecule has 2 heterocycles. The van der Waals surface area contributed by atoms with E-state index in [-0.39, 0.29) is 17.9 Å². The maximum Gasteiger partial charge on any atom is 0.296 e. The van der Waals surface area contributed by atoms with E-state index in [4.69, 9.17) is 9.15 Å². The fraction of sp³-hybridized carbons (Fsp3) is 0.130. The highest BCUT2D eigenvalue weighted by atomic mass is 16.5. The molecular formula is C23H19NO5. The number of amides is 1. The van der Waals surface area contributed by atoms with E-state index in [1.165, 1.54) is 11.2 Å². The highest BCUT2D eigenvalue weighted by Gasteiger charge is 2.46. The lowest BCUT2D eigenvalue weighted by Crippen LogP contribution is -2.29. The number of aliphatic hydroxyl groups is 1. The molecule has 0 unspecified atom stereocenters. The summed E-state index contributed by atoms with van der Waals surface area (Å²) in [5.74, 6) is -0.499. The fourth-order valence-electron chi connectivity index (χ4n) is 3.52. The van der Waals surface area contributed by atoms with Gasteiger partial charge < -0.3 is 19.2 Å². The minimum Gasteiger partial charge on any atom is -0.507 e. The first-order chi connectivity index (χ1) is 14.1. The van der Waals surface area contributed by atoms with Gasteiger partial charge in [-0.25, -0.2) is 0 Å². The Morgan fingerprint density at radius 3 is 2.55 bits per heavy atom. The van der Waals surface area contributed by atoms with Crippen LogP contribution in [0.5, 0.6) is 5.75 Å². The minimum absolute atomic E-state index is 0.0426. The van der Waals surface area contributed by atoms with Gasteiger partial charge in [-0.1, -0.05) is 42.5 Å². The quantitative estimate of drug-likeness (QED) is 0.407. The summed E-state index contributed by atoms with van der Waals surface area (Å²) in [4.78, 5) is 27.2. The summed E-state index contributed by atoms with van der Waals surface area (Å²) in [7, 11) is 1.54. The topological polar surface area (TPSA) is 80.0 Å². The number of furan rings is 1. The Morgan fingerprint density at radius 2 is 1.86 bits per heavy atom. The Balaban J connectivity index is 1.88. The Hall–Kier alpha value is -3.80. The van der Waals surface area contributed by atoms with Crippen molar-refractivity contribution in [2.24, 2.45) is 0 Å². The second-order valence-electron chi connectivity index (χ2n) is 6.65. The van der Waals surface area contributed by atoms with E-state index >= 15 is 0 Å². The van der Waals surface area contributed by atoms with E-state index in [0.29, 0.717) is 22.6 Å². The lowest BCUT2D eigenvalue weighted by molar-refractivity contribution is -0.140. The van der Waals surface area contributed by atoms with Crippen molar-refractivity contribution >= 4 is 17.4 Å². The van der Waals surface area contributed by atoms with Crippen molar-refractivity contribution in [2.45, 2.75) is 12.6 Å². The number of carbonyl (C=O) groups excluding carboxylic acids is 2. The van der Waals surface area contributed by atoms with Crippen LogP contribution in [0.4, 0.5) is 0 Å². The number of aliphatic hydroxyl groups excluding tert-OH is 1. The average molecular weight is 389 g/mol. The van der Waals surface area contributed by atoms with Crippen LogP contribution in [0, 0.1) is 0 Å². The predicted octanol–water partition coefficient (Wildman–Crippen LogP) is 3.91. The zero-order chi connectivity index (χ0) is 20.4. The van der Waals surface area contributed by atoms with Crippen molar-refractivity contribution in [3.8, 4) is 5.75 Å². The molecule has 4 rings (SSSR count). The van der Waals surface area contributed by atoms with Gasteiger partial charge in [0.25, 0.3) is 11.7 Å². The number of methoxy groups -OCH3 is 1. The Morgan fingerprint density at radius 1 is 1.07 bits per heavy atom. The molecule has 1 amide bonds. The number of hydrogen-bond acceptors (Lipinski definition) is 5. The first-order valence-electron chi connectivity index (χ1n) is 9.10. The second-order valence-corrected chi connectivity index (χ2v) is 6.65. The lowest BCUT2D eigenvalue weighted by atomic mass is 9.95. The van der Waals surface area contributed by atoms with Crippen molar-refractivity contribution in [3.05, 3.63) is 95.5 Å². The molecular weight excluding hydrogens is 370 g/mol. The maximum absolute atomic E-state index is 12.9. The van der Waals surface area contributed by atoms with E-state index in [1.807, 2.05) is 6.07 Å². The zero-order valence-corrected chi connectivity index (χ0v) is 15.7. The van der Waals surface area contributed by atoms with Gasteiger partial charge in [0.1, 0.15) is 17.3 Å². The van der Waals surface area contributed by atoms with Crippen molar-refractivity contribution in [3.63, 3.8) is 0 Å². The lowest BCUT2D eigenvalue weighted by Gasteiger charge is -2.24. The van der Waals surface area contributed by atoms with Crippen molar-refractivity contribution in [2.75, 3.05) is 7.11 Å². The van der Waals surface area contributed by atoms with Gasteiger partial charge in [0.2, 0.25) is 0 Å². The zero-order valence-electron chi connectivity index (χ0n) is 15.7. The number of rotatable bonds is 5. The van der Waals surface area contributed by atoms with Gasteiger partial charge in [0, 0.05) is 5.56 Å². The molecule has 146 valence electrons. The highest BCUT2D eigenvalue weighted by molar-refractivity contribution is 6.46. The number of Topliss-reactive ketones (excluding diaryl/α,β-unsaturated/α-hetero) is 1. The van der Waals surface area contributed by atoms with Crippen LogP contribution in [0.25, 0.3) is 5.76 Å². The third-order valence-electron chi connectivity index (χ3n) is 4.90. The first-order valence-corrected chi connectivity index (χ1v) is 9.10. The summed E-state index contributed by atoms with van der Waals surface area (Å²) in [5.41, 5.74) is 1.17. The fourth-order valence-corrected chi connectivity index (χ4v) is 3.52. The number of carbonyl (C=O) groups is 2. The molecule has 0 aliphatic carbocycles. The molecule has 1 fully saturated rings. The summed E-state index contributed by atoms with van der Waals surface area (Å²) in [6.07, 6.45) is 1.51. The SMILES string of the molecule is COc1cccc([C@H]2/C(=C(\O)c3ccccc3)C(=O)C(=O)N2Cc2ccco2)c1. The molecule has 1 saturated heterocycles. The van der Waals surface area contributed by atoms with Crippen LogP contribution in [-0.2, 0) is 16.1 Å². The monoisotopic (exact) mass is 389 g/mol. The molecule has 0 bridgehead atoms. The number of ether oxygens (including phenoxy) is 1. The molecule has 6 nitrogen and oxygen atoms in total. The molecule has 6 heteroatoms. The van der Waals surface area contributed by atoms with Crippen LogP contribution in [0.1, 0.15) is 22.9 Å². The summed E-state index contributed by atoms with van der Waals surface area (Å²) >= 11 is 0. The number of likely N-dealkylation sites (tertiary alicyclic amines) is 1. The molecule has 1 N–H and O–H groups in total. The number of benzene rings is 2. The third kappa shape index (κ3) is 3.40. The molecule has 2 aromatic carbocycles. The normalized spacial score (nSPS) is 18.2. The molecule has 1 atom stereocenters. The van der Waals surface area contributed by atoms with Crippen LogP contribution in [-0.4, -0.2) is 28.8 Å². The molecule has 3 aromatic rings. The Kier molecular flexibility index (Phi) is 4.91. The molecule has 0 radical (unpaired) electrons. The minimum atomic E-state index is -0.768. The standard InChI is InChI=1S/C23H19NO5/c1-28-17-10-5-9-16(13-17)20-19(21(25)15-7-3-2-4-8-15)22(26)23(27)24(20)14-18-11-6-12-29-18/h2-13,20,25H,14H2,1H3/b21-19+/t20-/m0/s1. The highest BCUT2D eigenvalue weighted by Crippen LogP contribution is 2.41. The molecule has 29 heavy (non-hydrogen) atoms. The molecule has 1 aromatic heterocycles. The van der Waals surface area contributed by atoms with Gasteiger partial charge in [0.15, 0.2) is 0 Å². The van der Waals surface area contributed by atoms with Crippen molar-refractivity contribution < 1.29 is 23.8 Å². The molecule has 0 saturated carbocycles. The van der Waals surface area contributed by atoms with Crippen LogP contribution in [0.3, 0.4) is 0 Å². The predicted molar refractivity (Wildman–Crippen MR) is 106 cm³/mol. The molecule has 1 aliphatic heterocycles. The Bertz CT molecular complexity index is 1070. The van der Waals surface area contributed by atoms with Crippen LogP contribution in [0.2, 0.25) is 0 Å². The number of hydrogen-bond donors (Lipinski definition) is 1. The van der Waals surface area contributed by atoms with Crippen molar-refractivity contribution in [1.29, 1.82) is 0 Å². The number of nitrogens with zero attached hydrogens (tertiary/aromatic N) is 1. The van der Waals surface area contributed by atoms with Crippen molar-refractivity contribution in [1.82, 2.24) is 4.90 Å². The Labute approximate surface area is 167 Å². The maximum atomic E-state index is 12.9. The smallest absolute Gasteiger partial charge is 0.296 e. The first kappa shape index (κ1) is 18.6. The van der Waals surface area contributed by atoms with E-state index in [2.05, 4.69) is 0 Å².